The van der Waals surface area contributed by atoms with Crippen LogP contribution in [0.3, 0.4) is 0 Å². The van der Waals surface area contributed by atoms with Crippen molar-refractivity contribution in [1.29, 1.82) is 0 Å². The lowest BCUT2D eigenvalue weighted by Gasteiger charge is -2.47. The summed E-state index contributed by atoms with van der Waals surface area (Å²) in [5.74, 6) is -0.925. The second kappa shape index (κ2) is 35.6. The zero-order valence-electron chi connectivity index (χ0n) is 39.7. The number of carbonyl (C=O) groups excluding carboxylic acids is 2. The summed E-state index contributed by atoms with van der Waals surface area (Å²) in [7, 11) is 0. The molecule has 16 nitrogen and oxygen atoms in total. The third-order valence-electron chi connectivity index (χ3n) is 12.8. The average molecular weight is 921 g/mol. The molecule has 0 aromatic carbocycles. The van der Waals surface area contributed by atoms with Crippen molar-refractivity contribution in [1.82, 2.24) is 10.6 Å². The van der Waals surface area contributed by atoms with Crippen LogP contribution in [0.4, 0.5) is 0 Å². The zero-order chi connectivity index (χ0) is 47.1. The average Bonchev–Trinajstić information content (AvgIpc) is 3.28. The van der Waals surface area contributed by atoms with E-state index in [1.807, 2.05) is 0 Å². The van der Waals surface area contributed by atoms with Gasteiger partial charge in [-0.15, -0.1) is 0 Å². The molecule has 10 N–H and O–H groups in total. The van der Waals surface area contributed by atoms with Crippen molar-refractivity contribution in [2.45, 2.75) is 274 Å². The Balaban J connectivity index is 1.97. The van der Waals surface area contributed by atoms with Gasteiger partial charge in [-0.25, -0.2) is 0 Å². The molecule has 2 fully saturated rings. The fourth-order valence-corrected chi connectivity index (χ4v) is 8.74. The fraction of sp³-hybridized carbons (Fsp3) is 0.958. The number of ether oxygens (including phenoxy) is 4. The molecular weight excluding hydrogens is 829 g/mol. The number of nitrogens with one attached hydrogen (secondary N) is 2. The largest absolute Gasteiger partial charge is 0.394 e. The number of hydrogen-bond donors (Lipinski definition) is 10. The first-order valence-electron chi connectivity index (χ1n) is 25.3. The highest BCUT2D eigenvalue weighted by atomic mass is 16.7. The minimum absolute atomic E-state index is 0.217. The van der Waals surface area contributed by atoms with Gasteiger partial charge in [0.2, 0.25) is 11.8 Å². The number of unbranched alkanes of at least 4 members (excludes halogenated alkanes) is 23. The summed E-state index contributed by atoms with van der Waals surface area (Å²) in [6, 6.07) is -2.46. The molecule has 0 saturated carbocycles. The second-order valence-corrected chi connectivity index (χ2v) is 18.5. The van der Waals surface area contributed by atoms with E-state index in [4.69, 9.17) is 18.9 Å². The molecule has 2 aliphatic heterocycles. The highest BCUT2D eigenvalue weighted by molar-refractivity contribution is 5.76. The molecular formula is C48H92N2O14. The van der Waals surface area contributed by atoms with Crippen molar-refractivity contribution in [2.24, 2.45) is 0 Å². The molecule has 16 heteroatoms. The molecule has 2 rings (SSSR count). The summed E-state index contributed by atoms with van der Waals surface area (Å²) in [6.45, 7) is 3.74. The third kappa shape index (κ3) is 23.0. The molecule has 0 radical (unpaired) electrons. The summed E-state index contributed by atoms with van der Waals surface area (Å²) in [5, 5.41) is 91.2. The van der Waals surface area contributed by atoms with Crippen molar-refractivity contribution < 1.29 is 69.4 Å². The summed E-state index contributed by atoms with van der Waals surface area (Å²) >= 11 is 0. The zero-order valence-corrected chi connectivity index (χ0v) is 39.7. The summed E-state index contributed by atoms with van der Waals surface area (Å²) in [6.07, 6.45) is 12.8. The fourth-order valence-electron chi connectivity index (χ4n) is 8.74. The number of aliphatic hydroxyl groups is 8. The highest BCUT2D eigenvalue weighted by Gasteiger charge is 2.51. The Morgan fingerprint density at radius 2 is 1.03 bits per heavy atom. The van der Waals surface area contributed by atoms with Gasteiger partial charge in [0.15, 0.2) is 12.6 Å². The standard InChI is InChI=1S/C48H92N2O14/c1-4-6-8-10-12-14-16-18-20-22-24-26-28-30-39(55)50-35(41(56)36(54)29-27-25-23-21-19-17-15-13-11-9-7-5-2)33-61-48-45(60)44(59)46(38(32-52)63-48)64-47-40(49-34(3)53)43(58)42(57)37(31-51)62-47/h35-38,40-48,51-52,54,56-60H,4-33H2,1-3H3,(H,49,53)(H,50,55)/t35-,36+,37+,38+,40+,41-,42-,43+,44+,45+,46+,47-,48+/m0/s1. The molecule has 0 aromatic heterocycles. The first kappa shape index (κ1) is 58.6. The van der Waals surface area contributed by atoms with Crippen LogP contribution in [0.15, 0.2) is 0 Å². The molecule has 0 bridgehead atoms. The van der Waals surface area contributed by atoms with Gasteiger partial charge in [0.25, 0.3) is 0 Å². The highest BCUT2D eigenvalue weighted by Crippen LogP contribution is 2.30. The quantitative estimate of drug-likeness (QED) is 0.0382. The lowest BCUT2D eigenvalue weighted by molar-refractivity contribution is -0.347. The van der Waals surface area contributed by atoms with E-state index in [-0.39, 0.29) is 12.3 Å². The monoisotopic (exact) mass is 921 g/mol. The first-order chi connectivity index (χ1) is 30.9. The predicted octanol–water partition coefficient (Wildman–Crippen LogP) is 4.55. The van der Waals surface area contributed by atoms with Crippen LogP contribution in [0.25, 0.3) is 0 Å². The predicted molar refractivity (Wildman–Crippen MR) is 244 cm³/mol. The van der Waals surface area contributed by atoms with Gasteiger partial charge in [0, 0.05) is 13.3 Å². The smallest absolute Gasteiger partial charge is 0.220 e. The summed E-state index contributed by atoms with van der Waals surface area (Å²) < 4.78 is 23.2. The van der Waals surface area contributed by atoms with E-state index in [1.54, 1.807) is 0 Å². The second-order valence-electron chi connectivity index (χ2n) is 18.5. The number of carbonyl (C=O) groups is 2. The van der Waals surface area contributed by atoms with Gasteiger partial charge < -0.3 is 70.4 Å². The molecule has 0 aliphatic carbocycles. The van der Waals surface area contributed by atoms with Crippen molar-refractivity contribution in [3.63, 3.8) is 0 Å². The molecule has 378 valence electrons. The van der Waals surface area contributed by atoms with Gasteiger partial charge in [0.1, 0.15) is 54.9 Å². The van der Waals surface area contributed by atoms with Gasteiger partial charge in [-0.3, -0.25) is 9.59 Å². The van der Waals surface area contributed by atoms with Gasteiger partial charge in [-0.1, -0.05) is 168 Å². The van der Waals surface area contributed by atoms with E-state index in [0.717, 1.165) is 38.5 Å². The van der Waals surface area contributed by atoms with E-state index < -0.39 is 105 Å². The molecule has 2 amide bonds. The lowest BCUT2D eigenvalue weighted by atomic mass is 9.95. The Hall–Kier alpha value is -1.54. The van der Waals surface area contributed by atoms with Crippen LogP contribution in [-0.2, 0) is 28.5 Å². The van der Waals surface area contributed by atoms with E-state index in [0.29, 0.717) is 19.3 Å². The van der Waals surface area contributed by atoms with Crippen LogP contribution in [0.5, 0.6) is 0 Å². The van der Waals surface area contributed by atoms with Gasteiger partial charge in [0.05, 0.1) is 32.0 Å². The molecule has 13 atom stereocenters. The molecule has 2 saturated heterocycles. The SMILES string of the molecule is CCCCCCCCCCCCCCCC(=O)N[C@@H](CO[C@@H]1O[C@H](CO)[C@@H](O[C@@H]2O[C@H](CO)[C@H](O)[C@H](O)[C@H]2NC(C)=O)[C@H](O)[C@H]1O)[C@H](O)[C@H](O)CCCCCCCCCCCCCC. The molecule has 0 aromatic rings. The van der Waals surface area contributed by atoms with Crippen LogP contribution < -0.4 is 10.6 Å². The van der Waals surface area contributed by atoms with Crippen molar-refractivity contribution in [3.8, 4) is 0 Å². The Kier molecular flexibility index (Phi) is 32.6. The molecule has 0 spiro atoms. The number of rotatable bonds is 38. The minimum Gasteiger partial charge on any atom is -0.394 e. The maximum absolute atomic E-state index is 13.2. The Morgan fingerprint density at radius 1 is 0.578 bits per heavy atom. The topological polar surface area (TPSA) is 257 Å². The molecule has 2 aliphatic rings. The number of hydrogen-bond acceptors (Lipinski definition) is 14. The van der Waals surface area contributed by atoms with Crippen LogP contribution in [0.2, 0.25) is 0 Å². The third-order valence-corrected chi connectivity index (χ3v) is 12.8. The van der Waals surface area contributed by atoms with Crippen LogP contribution >= 0.6 is 0 Å². The minimum atomic E-state index is -1.80. The molecule has 64 heavy (non-hydrogen) atoms. The number of amides is 2. The lowest BCUT2D eigenvalue weighted by Crippen LogP contribution is -2.67. The Bertz CT molecular complexity index is 1170. The van der Waals surface area contributed by atoms with E-state index in [1.165, 1.54) is 116 Å². The molecule has 0 unspecified atom stereocenters. The first-order valence-corrected chi connectivity index (χ1v) is 25.3. The Labute approximate surface area is 384 Å². The van der Waals surface area contributed by atoms with Gasteiger partial charge >= 0.3 is 0 Å². The van der Waals surface area contributed by atoms with Crippen LogP contribution in [-0.4, -0.2) is 152 Å². The normalized spacial score (nSPS) is 27.5. The Morgan fingerprint density at radius 3 is 1.50 bits per heavy atom. The van der Waals surface area contributed by atoms with Crippen LogP contribution in [0.1, 0.15) is 194 Å². The maximum Gasteiger partial charge on any atom is 0.220 e. The van der Waals surface area contributed by atoms with Crippen molar-refractivity contribution in [2.75, 3.05) is 19.8 Å². The van der Waals surface area contributed by atoms with E-state index >= 15 is 0 Å². The number of aliphatic hydroxyl groups excluding tert-OH is 8. The van der Waals surface area contributed by atoms with Crippen LogP contribution in [0, 0.1) is 0 Å². The van der Waals surface area contributed by atoms with E-state index in [9.17, 15) is 50.4 Å². The summed E-state index contributed by atoms with van der Waals surface area (Å²) in [5.41, 5.74) is 0. The van der Waals surface area contributed by atoms with Gasteiger partial charge in [-0.2, -0.15) is 0 Å². The maximum atomic E-state index is 13.2. The van der Waals surface area contributed by atoms with Crippen molar-refractivity contribution >= 4 is 11.8 Å². The van der Waals surface area contributed by atoms with Crippen molar-refractivity contribution in [3.05, 3.63) is 0 Å². The molecule has 2 heterocycles. The summed E-state index contributed by atoms with van der Waals surface area (Å²) in [4.78, 5) is 25.1. The van der Waals surface area contributed by atoms with Gasteiger partial charge in [-0.05, 0) is 12.8 Å². The van der Waals surface area contributed by atoms with E-state index in [2.05, 4.69) is 24.5 Å².